The van der Waals surface area contributed by atoms with Crippen LogP contribution in [-0.4, -0.2) is 9.91 Å². The Labute approximate surface area is 117 Å². The third kappa shape index (κ3) is 2.56. The standard InChI is InChI=1S/C11H5Cl3N2O2/c12-8-4-10(14)9(13)3-7(8)11-2-1-6(5-15-11)16(17)18/h1-5H. The third-order valence-corrected chi connectivity index (χ3v) is 3.28. The molecule has 0 unspecified atom stereocenters. The molecular weight excluding hydrogens is 298 g/mol. The normalized spacial score (nSPS) is 10.4. The molecule has 18 heavy (non-hydrogen) atoms. The van der Waals surface area contributed by atoms with E-state index in [4.69, 9.17) is 34.8 Å². The van der Waals surface area contributed by atoms with E-state index in [0.717, 1.165) is 6.20 Å². The largest absolute Gasteiger partial charge is 0.287 e. The number of pyridine rings is 1. The zero-order valence-corrected chi connectivity index (χ0v) is 11.0. The lowest BCUT2D eigenvalue weighted by molar-refractivity contribution is -0.385. The monoisotopic (exact) mass is 302 g/mol. The predicted octanol–water partition coefficient (Wildman–Crippen LogP) is 4.62. The van der Waals surface area contributed by atoms with Crippen LogP contribution in [-0.2, 0) is 0 Å². The first-order valence-corrected chi connectivity index (χ1v) is 5.88. The lowest BCUT2D eigenvalue weighted by Gasteiger charge is -2.05. The van der Waals surface area contributed by atoms with Crippen LogP contribution in [0.4, 0.5) is 5.69 Å². The minimum Gasteiger partial charge on any atom is -0.258 e. The molecule has 0 aliphatic rings. The zero-order valence-electron chi connectivity index (χ0n) is 8.73. The van der Waals surface area contributed by atoms with Crippen molar-refractivity contribution in [3.63, 3.8) is 0 Å². The highest BCUT2D eigenvalue weighted by Gasteiger charge is 2.11. The van der Waals surface area contributed by atoms with Crippen LogP contribution in [0.5, 0.6) is 0 Å². The minimum atomic E-state index is -0.521. The van der Waals surface area contributed by atoms with Crippen molar-refractivity contribution in [2.24, 2.45) is 0 Å². The molecule has 0 N–H and O–H groups in total. The summed E-state index contributed by atoms with van der Waals surface area (Å²) in [6.07, 6.45) is 1.16. The Hall–Kier alpha value is -1.36. The fraction of sp³-hybridized carbons (Fsp3) is 0. The number of hydrogen-bond donors (Lipinski definition) is 0. The molecule has 0 spiro atoms. The molecule has 0 bridgehead atoms. The molecule has 1 aromatic carbocycles. The zero-order chi connectivity index (χ0) is 13.3. The molecule has 0 saturated heterocycles. The summed E-state index contributed by atoms with van der Waals surface area (Å²) in [6, 6.07) is 5.93. The van der Waals surface area contributed by atoms with Crippen LogP contribution in [0.2, 0.25) is 15.1 Å². The van der Waals surface area contributed by atoms with Crippen molar-refractivity contribution in [3.05, 3.63) is 55.6 Å². The Kier molecular flexibility index (Phi) is 3.71. The molecule has 0 saturated carbocycles. The number of nitrogens with zero attached hydrogens (tertiary/aromatic N) is 2. The van der Waals surface area contributed by atoms with E-state index in [9.17, 15) is 10.1 Å². The van der Waals surface area contributed by atoms with Gasteiger partial charge in [0.2, 0.25) is 0 Å². The summed E-state index contributed by atoms with van der Waals surface area (Å²) in [4.78, 5) is 14.0. The summed E-state index contributed by atoms with van der Waals surface area (Å²) < 4.78 is 0. The summed E-state index contributed by atoms with van der Waals surface area (Å²) in [7, 11) is 0. The quantitative estimate of drug-likeness (QED) is 0.462. The van der Waals surface area contributed by atoms with Crippen molar-refractivity contribution in [1.29, 1.82) is 0 Å². The maximum atomic E-state index is 10.5. The van der Waals surface area contributed by atoms with Gasteiger partial charge in [-0.2, -0.15) is 0 Å². The summed E-state index contributed by atoms with van der Waals surface area (Å²) >= 11 is 17.7. The van der Waals surface area contributed by atoms with Gasteiger partial charge in [-0.05, 0) is 18.2 Å². The Balaban J connectivity index is 2.49. The summed E-state index contributed by atoms with van der Waals surface area (Å²) in [5.41, 5.74) is 0.972. The Morgan fingerprint density at radius 3 is 2.28 bits per heavy atom. The summed E-state index contributed by atoms with van der Waals surface area (Å²) in [6.45, 7) is 0. The molecule has 1 heterocycles. The fourth-order valence-electron chi connectivity index (χ4n) is 1.37. The molecule has 0 fully saturated rings. The number of benzene rings is 1. The van der Waals surface area contributed by atoms with Crippen LogP contribution in [0.1, 0.15) is 0 Å². The van der Waals surface area contributed by atoms with Gasteiger partial charge in [-0.3, -0.25) is 10.1 Å². The highest BCUT2D eigenvalue weighted by atomic mass is 35.5. The van der Waals surface area contributed by atoms with E-state index in [-0.39, 0.29) is 5.69 Å². The first kappa shape index (κ1) is 13.1. The van der Waals surface area contributed by atoms with Gasteiger partial charge in [-0.1, -0.05) is 34.8 Å². The van der Waals surface area contributed by atoms with Crippen molar-refractivity contribution >= 4 is 40.5 Å². The van der Waals surface area contributed by atoms with Crippen LogP contribution in [0.3, 0.4) is 0 Å². The highest BCUT2D eigenvalue weighted by molar-refractivity contribution is 6.44. The molecule has 92 valence electrons. The molecule has 0 aliphatic heterocycles. The maximum Gasteiger partial charge on any atom is 0.287 e. The molecular formula is C11H5Cl3N2O2. The van der Waals surface area contributed by atoms with Gasteiger partial charge in [0.25, 0.3) is 5.69 Å². The van der Waals surface area contributed by atoms with Gasteiger partial charge in [0.05, 0.1) is 25.7 Å². The van der Waals surface area contributed by atoms with Crippen LogP contribution < -0.4 is 0 Å². The van der Waals surface area contributed by atoms with Crippen LogP contribution in [0.25, 0.3) is 11.3 Å². The number of hydrogen-bond acceptors (Lipinski definition) is 3. The number of nitro groups is 1. The van der Waals surface area contributed by atoms with Gasteiger partial charge >= 0.3 is 0 Å². The molecule has 0 aliphatic carbocycles. The van der Waals surface area contributed by atoms with Crippen molar-refractivity contribution in [3.8, 4) is 11.3 Å². The van der Waals surface area contributed by atoms with E-state index >= 15 is 0 Å². The van der Waals surface area contributed by atoms with Crippen molar-refractivity contribution in [2.45, 2.75) is 0 Å². The number of aromatic nitrogens is 1. The lowest BCUT2D eigenvalue weighted by Crippen LogP contribution is -1.90. The lowest BCUT2D eigenvalue weighted by atomic mass is 10.1. The van der Waals surface area contributed by atoms with E-state index in [1.807, 2.05) is 0 Å². The second kappa shape index (κ2) is 5.10. The van der Waals surface area contributed by atoms with Gasteiger partial charge in [-0.25, -0.2) is 4.98 Å². The van der Waals surface area contributed by atoms with Crippen molar-refractivity contribution < 1.29 is 4.92 Å². The fourth-order valence-corrected chi connectivity index (χ4v) is 2.02. The number of rotatable bonds is 2. The minimum absolute atomic E-state index is 0.0880. The maximum absolute atomic E-state index is 10.5. The third-order valence-electron chi connectivity index (χ3n) is 2.24. The van der Waals surface area contributed by atoms with Crippen molar-refractivity contribution in [2.75, 3.05) is 0 Å². The van der Waals surface area contributed by atoms with Crippen LogP contribution >= 0.6 is 34.8 Å². The molecule has 0 amide bonds. The Morgan fingerprint density at radius 1 is 1.06 bits per heavy atom. The smallest absolute Gasteiger partial charge is 0.258 e. The molecule has 1 aromatic heterocycles. The van der Waals surface area contributed by atoms with Crippen LogP contribution in [0.15, 0.2) is 30.5 Å². The van der Waals surface area contributed by atoms with Crippen molar-refractivity contribution in [1.82, 2.24) is 4.98 Å². The van der Waals surface area contributed by atoms with Gasteiger partial charge in [0.1, 0.15) is 6.20 Å². The molecule has 0 radical (unpaired) electrons. The molecule has 0 atom stereocenters. The number of halogens is 3. The average Bonchev–Trinajstić information content (AvgIpc) is 2.34. The van der Waals surface area contributed by atoms with E-state index in [1.165, 1.54) is 18.2 Å². The molecule has 7 heteroatoms. The second-order valence-electron chi connectivity index (χ2n) is 3.40. The molecule has 2 aromatic rings. The van der Waals surface area contributed by atoms with Gasteiger partial charge < -0.3 is 0 Å². The van der Waals surface area contributed by atoms with Gasteiger partial charge in [0.15, 0.2) is 0 Å². The summed E-state index contributed by atoms with van der Waals surface area (Å²) in [5, 5.41) is 11.6. The van der Waals surface area contributed by atoms with Gasteiger partial charge in [-0.15, -0.1) is 0 Å². The van der Waals surface area contributed by atoms with E-state index in [1.54, 1.807) is 6.07 Å². The first-order valence-electron chi connectivity index (χ1n) is 4.74. The topological polar surface area (TPSA) is 56.0 Å². The Bertz CT molecular complexity index is 614. The van der Waals surface area contributed by atoms with E-state index in [0.29, 0.717) is 26.3 Å². The SMILES string of the molecule is O=[N+]([O-])c1ccc(-c2cc(Cl)c(Cl)cc2Cl)nc1. The molecule has 2 rings (SSSR count). The predicted molar refractivity (Wildman–Crippen MR) is 71.4 cm³/mol. The summed E-state index contributed by atoms with van der Waals surface area (Å²) in [5.74, 6) is 0. The van der Waals surface area contributed by atoms with E-state index < -0.39 is 4.92 Å². The first-order chi connectivity index (χ1) is 8.49. The highest BCUT2D eigenvalue weighted by Crippen LogP contribution is 2.34. The Morgan fingerprint density at radius 2 is 1.72 bits per heavy atom. The van der Waals surface area contributed by atoms with Crippen LogP contribution in [0, 0.1) is 10.1 Å². The molecule has 4 nitrogen and oxygen atoms in total. The van der Waals surface area contributed by atoms with E-state index in [2.05, 4.69) is 4.98 Å². The van der Waals surface area contributed by atoms with Gasteiger partial charge in [0, 0.05) is 11.6 Å². The average molecular weight is 304 g/mol. The second-order valence-corrected chi connectivity index (χ2v) is 4.63.